The zero-order valence-corrected chi connectivity index (χ0v) is 15.1. The minimum Gasteiger partial charge on any atom is -0.383 e. The lowest BCUT2D eigenvalue weighted by atomic mass is 9.90. The van der Waals surface area contributed by atoms with Crippen LogP contribution in [-0.4, -0.2) is 67.6 Å². The summed E-state index contributed by atoms with van der Waals surface area (Å²) in [6.45, 7) is 2.68. The number of methoxy groups -OCH3 is 1. The molecule has 0 radical (unpaired) electrons. The topological polar surface area (TPSA) is 88.2 Å². The van der Waals surface area contributed by atoms with Crippen molar-refractivity contribution >= 4 is 17.7 Å². The van der Waals surface area contributed by atoms with Gasteiger partial charge in [-0.2, -0.15) is 5.06 Å². The highest BCUT2D eigenvalue weighted by Gasteiger charge is 2.58. The van der Waals surface area contributed by atoms with Gasteiger partial charge in [-0.05, 0) is 12.5 Å². The van der Waals surface area contributed by atoms with Crippen LogP contribution in [0.15, 0.2) is 24.3 Å². The SMILES string of the molecule is COCCNC(=O)CN1OC2C(=O)N(C)C(=O)C2C1c1ccc(C)cc1. The summed E-state index contributed by atoms with van der Waals surface area (Å²) in [5.74, 6) is -1.57. The molecule has 3 atom stereocenters. The lowest BCUT2D eigenvalue weighted by Gasteiger charge is -2.26. The van der Waals surface area contributed by atoms with E-state index in [2.05, 4.69) is 5.32 Å². The van der Waals surface area contributed by atoms with Gasteiger partial charge in [-0.3, -0.25) is 24.1 Å². The maximum Gasteiger partial charge on any atom is 0.261 e. The molecule has 0 aromatic heterocycles. The van der Waals surface area contributed by atoms with E-state index in [0.29, 0.717) is 13.2 Å². The van der Waals surface area contributed by atoms with Crippen molar-refractivity contribution in [3.63, 3.8) is 0 Å². The van der Waals surface area contributed by atoms with E-state index in [4.69, 9.17) is 9.57 Å². The monoisotopic (exact) mass is 361 g/mol. The maximum absolute atomic E-state index is 12.6. The van der Waals surface area contributed by atoms with Gasteiger partial charge in [0.2, 0.25) is 11.8 Å². The van der Waals surface area contributed by atoms with Gasteiger partial charge in [0.15, 0.2) is 6.10 Å². The molecule has 8 heteroatoms. The van der Waals surface area contributed by atoms with E-state index in [1.54, 1.807) is 7.11 Å². The fourth-order valence-corrected chi connectivity index (χ4v) is 3.37. The molecule has 0 aliphatic carbocycles. The van der Waals surface area contributed by atoms with Crippen molar-refractivity contribution in [1.29, 1.82) is 0 Å². The molecule has 2 aliphatic heterocycles. The number of hydroxylamine groups is 2. The summed E-state index contributed by atoms with van der Waals surface area (Å²) in [6.07, 6.45) is -0.884. The molecule has 2 fully saturated rings. The van der Waals surface area contributed by atoms with Crippen LogP contribution in [-0.2, 0) is 24.0 Å². The van der Waals surface area contributed by atoms with Gasteiger partial charge in [-0.15, -0.1) is 0 Å². The van der Waals surface area contributed by atoms with Crippen LogP contribution < -0.4 is 5.32 Å². The molecule has 3 unspecified atom stereocenters. The zero-order valence-electron chi connectivity index (χ0n) is 15.1. The number of carbonyl (C=O) groups is 3. The summed E-state index contributed by atoms with van der Waals surface area (Å²) in [6, 6.07) is 7.18. The van der Waals surface area contributed by atoms with Crippen LogP contribution in [0.2, 0.25) is 0 Å². The van der Waals surface area contributed by atoms with E-state index >= 15 is 0 Å². The number of imide groups is 1. The third-order valence-corrected chi connectivity index (χ3v) is 4.76. The molecule has 3 rings (SSSR count). The van der Waals surface area contributed by atoms with E-state index < -0.39 is 18.1 Å². The summed E-state index contributed by atoms with van der Waals surface area (Å²) in [5.41, 5.74) is 1.92. The molecule has 2 heterocycles. The molecule has 1 N–H and O–H groups in total. The van der Waals surface area contributed by atoms with E-state index in [1.165, 1.54) is 12.1 Å². The van der Waals surface area contributed by atoms with Crippen LogP contribution in [0, 0.1) is 12.8 Å². The minimum absolute atomic E-state index is 0.0699. The normalized spacial score (nSPS) is 25.7. The van der Waals surface area contributed by atoms with Crippen molar-refractivity contribution in [2.24, 2.45) is 5.92 Å². The summed E-state index contributed by atoms with van der Waals surface area (Å²) in [7, 11) is 3.01. The Labute approximate surface area is 152 Å². The number of likely N-dealkylation sites (N-methyl/N-ethyl adjacent to an activating group) is 1. The molecular formula is C18H23N3O5. The number of fused-ring (bicyclic) bond motifs is 1. The lowest BCUT2D eigenvalue weighted by Crippen LogP contribution is -2.40. The van der Waals surface area contributed by atoms with E-state index in [-0.39, 0.29) is 24.3 Å². The average molecular weight is 361 g/mol. The van der Waals surface area contributed by atoms with E-state index in [1.807, 2.05) is 31.2 Å². The van der Waals surface area contributed by atoms with Crippen molar-refractivity contribution in [3.8, 4) is 0 Å². The second-order valence-electron chi connectivity index (χ2n) is 6.56. The number of nitrogens with one attached hydrogen (secondary N) is 1. The number of likely N-dealkylation sites (tertiary alicyclic amines) is 1. The van der Waals surface area contributed by atoms with Gasteiger partial charge >= 0.3 is 0 Å². The number of aryl methyl sites for hydroxylation is 1. The van der Waals surface area contributed by atoms with Crippen LogP contribution in [0.5, 0.6) is 0 Å². The second-order valence-corrected chi connectivity index (χ2v) is 6.56. The Morgan fingerprint density at radius 1 is 1.23 bits per heavy atom. The lowest BCUT2D eigenvalue weighted by molar-refractivity contribution is -0.181. The van der Waals surface area contributed by atoms with Crippen molar-refractivity contribution in [3.05, 3.63) is 35.4 Å². The van der Waals surface area contributed by atoms with Gasteiger partial charge in [0, 0.05) is 20.7 Å². The highest BCUT2D eigenvalue weighted by molar-refractivity contribution is 6.07. The number of amides is 3. The van der Waals surface area contributed by atoms with E-state index in [9.17, 15) is 14.4 Å². The van der Waals surface area contributed by atoms with Crippen LogP contribution in [0.1, 0.15) is 17.2 Å². The van der Waals surface area contributed by atoms with Crippen molar-refractivity contribution < 1.29 is 24.0 Å². The zero-order chi connectivity index (χ0) is 18.8. The highest BCUT2D eigenvalue weighted by Crippen LogP contribution is 2.43. The molecule has 1 aromatic rings. The molecule has 1 aromatic carbocycles. The second kappa shape index (κ2) is 7.53. The maximum atomic E-state index is 12.6. The molecule has 0 bridgehead atoms. The fourth-order valence-electron chi connectivity index (χ4n) is 3.37. The minimum atomic E-state index is -0.884. The van der Waals surface area contributed by atoms with Crippen LogP contribution >= 0.6 is 0 Å². The van der Waals surface area contributed by atoms with Gasteiger partial charge in [0.25, 0.3) is 5.91 Å². The Balaban J connectivity index is 1.83. The number of nitrogens with zero attached hydrogens (tertiary/aromatic N) is 2. The first-order valence-corrected chi connectivity index (χ1v) is 8.51. The summed E-state index contributed by atoms with van der Waals surface area (Å²) < 4.78 is 4.91. The Kier molecular flexibility index (Phi) is 5.36. The first kappa shape index (κ1) is 18.5. The molecule has 3 amide bonds. The Bertz CT molecular complexity index is 705. The van der Waals surface area contributed by atoms with Gasteiger partial charge in [-0.25, -0.2) is 0 Å². The van der Waals surface area contributed by atoms with Gasteiger partial charge in [0.1, 0.15) is 6.54 Å². The number of benzene rings is 1. The molecule has 8 nitrogen and oxygen atoms in total. The first-order chi connectivity index (χ1) is 12.4. The largest absolute Gasteiger partial charge is 0.383 e. The Morgan fingerprint density at radius 3 is 2.58 bits per heavy atom. The van der Waals surface area contributed by atoms with Gasteiger partial charge < -0.3 is 10.1 Å². The van der Waals surface area contributed by atoms with Gasteiger partial charge in [-0.1, -0.05) is 29.8 Å². The molecule has 2 saturated heterocycles. The van der Waals surface area contributed by atoms with E-state index in [0.717, 1.165) is 16.0 Å². The summed E-state index contributed by atoms with van der Waals surface area (Å²) >= 11 is 0. The number of carbonyl (C=O) groups excluding carboxylic acids is 3. The van der Waals surface area contributed by atoms with Gasteiger partial charge in [0.05, 0.1) is 18.6 Å². The quantitative estimate of drug-likeness (QED) is 0.568. The van der Waals surface area contributed by atoms with Crippen molar-refractivity contribution in [2.45, 2.75) is 19.1 Å². The third-order valence-electron chi connectivity index (χ3n) is 4.76. The van der Waals surface area contributed by atoms with Crippen LogP contribution in [0.4, 0.5) is 0 Å². The number of hydrogen-bond acceptors (Lipinski definition) is 6. The standard InChI is InChI=1S/C18H23N3O5/c1-11-4-6-12(7-5-11)15-14-16(18(24)20(2)17(14)23)26-21(15)10-13(22)19-8-9-25-3/h4-7,14-16H,8-10H2,1-3H3,(H,19,22). The summed E-state index contributed by atoms with van der Waals surface area (Å²) in [4.78, 5) is 43.9. The fraction of sp³-hybridized carbons (Fsp3) is 0.500. The summed E-state index contributed by atoms with van der Waals surface area (Å²) in [5, 5.41) is 4.17. The third kappa shape index (κ3) is 3.35. The average Bonchev–Trinajstić information content (AvgIpc) is 3.08. The number of hydrogen-bond donors (Lipinski definition) is 1. The molecule has 0 spiro atoms. The molecule has 140 valence electrons. The number of ether oxygens (including phenoxy) is 1. The Hall–Kier alpha value is -2.29. The first-order valence-electron chi connectivity index (χ1n) is 8.51. The Morgan fingerprint density at radius 2 is 1.92 bits per heavy atom. The highest BCUT2D eigenvalue weighted by atomic mass is 16.7. The molecular weight excluding hydrogens is 338 g/mol. The molecule has 2 aliphatic rings. The van der Waals surface area contributed by atoms with Crippen LogP contribution in [0.25, 0.3) is 0 Å². The predicted octanol–water partition coefficient (Wildman–Crippen LogP) is 0.0293. The number of rotatable bonds is 6. The van der Waals surface area contributed by atoms with Crippen molar-refractivity contribution in [1.82, 2.24) is 15.3 Å². The molecule has 0 saturated carbocycles. The van der Waals surface area contributed by atoms with Crippen LogP contribution in [0.3, 0.4) is 0 Å². The smallest absolute Gasteiger partial charge is 0.261 e. The van der Waals surface area contributed by atoms with Crippen molar-refractivity contribution in [2.75, 3.05) is 33.9 Å². The molecule has 26 heavy (non-hydrogen) atoms. The predicted molar refractivity (Wildman–Crippen MR) is 91.7 cm³/mol.